The number of nitrogens with one attached hydrogen (secondary N) is 1. The predicted molar refractivity (Wildman–Crippen MR) is 83.0 cm³/mol. The van der Waals surface area contributed by atoms with Crippen LogP contribution in [0, 0.1) is 5.82 Å². The number of fused-ring (bicyclic) bond motifs is 1. The van der Waals surface area contributed by atoms with Gasteiger partial charge in [-0.3, -0.25) is 0 Å². The van der Waals surface area contributed by atoms with Crippen LogP contribution in [0.25, 0.3) is 11.0 Å². The quantitative estimate of drug-likeness (QED) is 0.643. The van der Waals surface area contributed by atoms with Gasteiger partial charge in [0.15, 0.2) is 0 Å². The van der Waals surface area contributed by atoms with Gasteiger partial charge in [0.2, 0.25) is 0 Å². The Labute approximate surface area is 133 Å². The lowest BCUT2D eigenvalue weighted by atomic mass is 10.1. The Balaban J connectivity index is 1.96. The minimum Gasteiger partial charge on any atom is -0.342 e. The Hall–Kier alpha value is -1.10. The standard InChI is InChI=1S/C14H8BrCl2FN2/c15-8-5-12-13(6-11(8)18)20-14(19-12)4-7-1-2-9(16)10(17)3-7/h1-3,5-6H,4H2,(H,19,20). The molecule has 3 aromatic rings. The molecule has 0 spiro atoms. The number of aromatic nitrogens is 2. The van der Waals surface area contributed by atoms with Crippen LogP contribution in [-0.4, -0.2) is 9.97 Å². The molecule has 3 rings (SSSR count). The summed E-state index contributed by atoms with van der Waals surface area (Å²) in [5.41, 5.74) is 2.37. The minimum atomic E-state index is -0.317. The molecule has 0 aliphatic carbocycles. The Morgan fingerprint density at radius 1 is 1.15 bits per heavy atom. The van der Waals surface area contributed by atoms with Crippen molar-refractivity contribution in [3.63, 3.8) is 0 Å². The highest BCUT2D eigenvalue weighted by molar-refractivity contribution is 9.10. The second-order valence-corrected chi connectivity index (χ2v) is 6.06. The molecule has 0 atom stereocenters. The topological polar surface area (TPSA) is 28.7 Å². The number of imidazole rings is 1. The third-order valence-electron chi connectivity index (χ3n) is 2.93. The molecule has 1 heterocycles. The molecule has 1 N–H and O–H groups in total. The molecule has 1 aromatic heterocycles. The molecule has 0 radical (unpaired) electrons. The third-order valence-corrected chi connectivity index (χ3v) is 4.28. The predicted octanol–water partition coefficient (Wildman–Crippen LogP) is 5.36. The summed E-state index contributed by atoms with van der Waals surface area (Å²) in [5, 5.41) is 1.03. The molecule has 2 aromatic carbocycles. The highest BCUT2D eigenvalue weighted by Crippen LogP contribution is 2.25. The van der Waals surface area contributed by atoms with E-state index in [2.05, 4.69) is 25.9 Å². The molecule has 6 heteroatoms. The fourth-order valence-corrected chi connectivity index (χ4v) is 2.64. The van der Waals surface area contributed by atoms with Gasteiger partial charge < -0.3 is 4.98 Å². The van der Waals surface area contributed by atoms with Gasteiger partial charge in [0.05, 0.1) is 25.6 Å². The van der Waals surface area contributed by atoms with E-state index in [1.54, 1.807) is 18.2 Å². The van der Waals surface area contributed by atoms with E-state index in [1.165, 1.54) is 6.07 Å². The number of aromatic amines is 1. The summed E-state index contributed by atoms with van der Waals surface area (Å²) in [6.45, 7) is 0. The molecule has 0 unspecified atom stereocenters. The van der Waals surface area contributed by atoms with Crippen molar-refractivity contribution in [3.8, 4) is 0 Å². The summed E-state index contributed by atoms with van der Waals surface area (Å²) in [6, 6.07) is 8.51. The molecular weight excluding hydrogens is 366 g/mol. The Morgan fingerprint density at radius 2 is 1.95 bits per heavy atom. The maximum atomic E-state index is 13.5. The van der Waals surface area contributed by atoms with Crippen molar-refractivity contribution in [2.45, 2.75) is 6.42 Å². The summed E-state index contributed by atoms with van der Waals surface area (Å²) in [4.78, 5) is 7.53. The molecule has 2 nitrogen and oxygen atoms in total. The van der Waals surface area contributed by atoms with E-state index in [0.717, 1.165) is 11.4 Å². The highest BCUT2D eigenvalue weighted by atomic mass is 79.9. The monoisotopic (exact) mass is 372 g/mol. The molecule has 0 aliphatic rings. The van der Waals surface area contributed by atoms with Gasteiger partial charge in [-0.1, -0.05) is 29.3 Å². The average Bonchev–Trinajstić information content (AvgIpc) is 2.76. The summed E-state index contributed by atoms with van der Waals surface area (Å²) in [7, 11) is 0. The zero-order chi connectivity index (χ0) is 14.3. The van der Waals surface area contributed by atoms with Crippen molar-refractivity contribution in [2.24, 2.45) is 0 Å². The fourth-order valence-electron chi connectivity index (χ4n) is 1.98. The van der Waals surface area contributed by atoms with Gasteiger partial charge in [-0.25, -0.2) is 9.37 Å². The van der Waals surface area contributed by atoms with Crippen molar-refractivity contribution in [1.82, 2.24) is 9.97 Å². The number of H-pyrrole nitrogens is 1. The lowest BCUT2D eigenvalue weighted by Crippen LogP contribution is -1.90. The van der Waals surface area contributed by atoms with Crippen LogP contribution in [0.3, 0.4) is 0 Å². The van der Waals surface area contributed by atoms with Gasteiger partial charge in [0.25, 0.3) is 0 Å². The minimum absolute atomic E-state index is 0.317. The van der Waals surface area contributed by atoms with Gasteiger partial charge in [-0.15, -0.1) is 0 Å². The van der Waals surface area contributed by atoms with E-state index < -0.39 is 0 Å². The van der Waals surface area contributed by atoms with E-state index in [1.807, 2.05) is 6.07 Å². The molecule has 0 amide bonds. The number of hydrogen-bond acceptors (Lipinski definition) is 1. The van der Waals surface area contributed by atoms with Crippen LogP contribution in [0.2, 0.25) is 10.0 Å². The summed E-state index contributed by atoms with van der Waals surface area (Å²) in [6.07, 6.45) is 0.574. The largest absolute Gasteiger partial charge is 0.342 e. The number of hydrogen-bond donors (Lipinski definition) is 1. The lowest BCUT2D eigenvalue weighted by Gasteiger charge is -2.00. The Kier molecular flexibility index (Phi) is 3.71. The zero-order valence-corrected chi connectivity index (χ0v) is 13.2. The van der Waals surface area contributed by atoms with Crippen LogP contribution in [0.4, 0.5) is 4.39 Å². The maximum Gasteiger partial charge on any atom is 0.139 e. The molecule has 20 heavy (non-hydrogen) atoms. The molecule has 102 valence electrons. The van der Waals surface area contributed by atoms with Crippen LogP contribution < -0.4 is 0 Å². The van der Waals surface area contributed by atoms with Crippen molar-refractivity contribution in [1.29, 1.82) is 0 Å². The van der Waals surface area contributed by atoms with Crippen LogP contribution in [0.5, 0.6) is 0 Å². The van der Waals surface area contributed by atoms with Gasteiger partial charge in [0.1, 0.15) is 11.6 Å². The normalized spacial score (nSPS) is 11.2. The molecule has 0 aliphatic heterocycles. The van der Waals surface area contributed by atoms with Crippen molar-refractivity contribution < 1.29 is 4.39 Å². The van der Waals surface area contributed by atoms with Crippen LogP contribution in [0.1, 0.15) is 11.4 Å². The first-order valence-corrected chi connectivity index (χ1v) is 7.35. The van der Waals surface area contributed by atoms with E-state index in [-0.39, 0.29) is 5.82 Å². The molecule has 0 saturated carbocycles. The molecule has 0 bridgehead atoms. The second-order valence-electron chi connectivity index (χ2n) is 4.39. The van der Waals surface area contributed by atoms with Crippen molar-refractivity contribution in [3.05, 3.63) is 62.1 Å². The molecule has 0 fully saturated rings. The Morgan fingerprint density at radius 3 is 2.70 bits per heavy atom. The summed E-state index contributed by atoms with van der Waals surface area (Å²) >= 11 is 15.0. The summed E-state index contributed by atoms with van der Waals surface area (Å²) in [5.74, 6) is 0.429. The number of nitrogens with zero attached hydrogens (tertiary/aromatic N) is 1. The number of halogens is 4. The van der Waals surface area contributed by atoms with E-state index in [9.17, 15) is 4.39 Å². The molecule has 0 saturated heterocycles. The van der Waals surface area contributed by atoms with Crippen LogP contribution >= 0.6 is 39.1 Å². The van der Waals surface area contributed by atoms with Crippen molar-refractivity contribution in [2.75, 3.05) is 0 Å². The third kappa shape index (κ3) is 2.68. The number of benzene rings is 2. The molecular formula is C14H8BrCl2FN2. The first kappa shape index (κ1) is 13.9. The first-order valence-electron chi connectivity index (χ1n) is 5.80. The van der Waals surface area contributed by atoms with Gasteiger partial charge in [-0.05, 0) is 39.7 Å². The highest BCUT2D eigenvalue weighted by Gasteiger charge is 2.08. The summed E-state index contributed by atoms with van der Waals surface area (Å²) < 4.78 is 13.9. The lowest BCUT2D eigenvalue weighted by molar-refractivity contribution is 0.623. The van der Waals surface area contributed by atoms with Gasteiger partial charge in [0, 0.05) is 12.5 Å². The second kappa shape index (κ2) is 5.35. The average molecular weight is 374 g/mol. The van der Waals surface area contributed by atoms with Gasteiger partial charge >= 0.3 is 0 Å². The Bertz CT molecular complexity index is 762. The zero-order valence-electron chi connectivity index (χ0n) is 10.1. The van der Waals surface area contributed by atoms with E-state index >= 15 is 0 Å². The van der Waals surface area contributed by atoms with Crippen LogP contribution in [-0.2, 0) is 6.42 Å². The number of rotatable bonds is 2. The fraction of sp³-hybridized carbons (Fsp3) is 0.0714. The first-order chi connectivity index (χ1) is 9.52. The van der Waals surface area contributed by atoms with E-state index in [0.29, 0.717) is 32.0 Å². The van der Waals surface area contributed by atoms with Crippen LogP contribution in [0.15, 0.2) is 34.8 Å². The van der Waals surface area contributed by atoms with E-state index in [4.69, 9.17) is 23.2 Å². The maximum absolute atomic E-state index is 13.5. The SMILES string of the molecule is Fc1cc2[nH]c(Cc3ccc(Cl)c(Cl)c3)nc2cc1Br. The smallest absolute Gasteiger partial charge is 0.139 e. The van der Waals surface area contributed by atoms with Gasteiger partial charge in [-0.2, -0.15) is 0 Å². The van der Waals surface area contributed by atoms with Crippen molar-refractivity contribution >= 4 is 50.2 Å².